The van der Waals surface area contributed by atoms with Crippen LogP contribution >= 0.6 is 0 Å². The van der Waals surface area contributed by atoms with Crippen LogP contribution in [-0.4, -0.2) is 50.5 Å². The van der Waals surface area contributed by atoms with E-state index in [-0.39, 0.29) is 12.5 Å². The lowest BCUT2D eigenvalue weighted by Crippen LogP contribution is -2.43. The Kier molecular flexibility index (Phi) is 8.28. The van der Waals surface area contributed by atoms with E-state index in [0.717, 1.165) is 31.9 Å². The van der Waals surface area contributed by atoms with Crippen LogP contribution in [0.4, 0.5) is 0 Å². The van der Waals surface area contributed by atoms with Gasteiger partial charge >= 0.3 is 0 Å². The van der Waals surface area contributed by atoms with Gasteiger partial charge in [0.15, 0.2) is 5.96 Å². The average Bonchev–Trinajstić information content (AvgIpc) is 2.98. The fraction of sp³-hybridized carbons (Fsp3) is 0.882. The Morgan fingerprint density at radius 1 is 1.18 bits per heavy atom. The number of likely N-dealkylation sites (N-methyl/N-ethyl adjacent to an activating group) is 1. The van der Waals surface area contributed by atoms with Crippen molar-refractivity contribution in [3.05, 3.63) is 0 Å². The van der Waals surface area contributed by atoms with Gasteiger partial charge in [-0.2, -0.15) is 0 Å². The van der Waals surface area contributed by atoms with E-state index in [1.165, 1.54) is 32.1 Å². The fourth-order valence-corrected chi connectivity index (χ4v) is 2.90. The maximum absolute atomic E-state index is 11.7. The zero-order valence-corrected chi connectivity index (χ0v) is 14.9. The number of rotatable bonds is 8. The monoisotopic (exact) mass is 310 g/mol. The van der Waals surface area contributed by atoms with Gasteiger partial charge in [0.05, 0.1) is 0 Å². The van der Waals surface area contributed by atoms with E-state index in [0.29, 0.717) is 5.41 Å². The predicted molar refractivity (Wildman–Crippen MR) is 93.1 cm³/mol. The van der Waals surface area contributed by atoms with E-state index in [4.69, 9.17) is 0 Å². The Morgan fingerprint density at radius 3 is 2.41 bits per heavy atom. The summed E-state index contributed by atoms with van der Waals surface area (Å²) in [7, 11) is 3.53. The van der Waals surface area contributed by atoms with E-state index < -0.39 is 0 Å². The van der Waals surface area contributed by atoms with Gasteiger partial charge in [-0.05, 0) is 31.1 Å². The summed E-state index contributed by atoms with van der Waals surface area (Å²) in [5, 5.41) is 6.82. The standard InChI is InChI=1S/C17H34N4O/c1-5-7-12-18-16(19-13-15(22)21(3)4)20-14-17(6-2)10-8-9-11-17/h5-14H2,1-4H3,(H2,18,19,20). The first-order valence-electron chi connectivity index (χ1n) is 8.75. The van der Waals surface area contributed by atoms with E-state index >= 15 is 0 Å². The van der Waals surface area contributed by atoms with E-state index in [1.54, 1.807) is 19.0 Å². The van der Waals surface area contributed by atoms with E-state index in [2.05, 4.69) is 29.5 Å². The first-order chi connectivity index (χ1) is 10.5. The Labute approximate surface area is 135 Å². The third kappa shape index (κ3) is 6.24. The highest BCUT2D eigenvalue weighted by Crippen LogP contribution is 2.40. The molecule has 1 saturated carbocycles. The predicted octanol–water partition coefficient (Wildman–Crippen LogP) is 2.38. The molecule has 1 amide bonds. The van der Waals surface area contributed by atoms with Crippen molar-refractivity contribution in [2.75, 3.05) is 33.7 Å². The lowest BCUT2D eigenvalue weighted by molar-refractivity contribution is -0.127. The van der Waals surface area contributed by atoms with Crippen molar-refractivity contribution in [1.82, 2.24) is 15.5 Å². The van der Waals surface area contributed by atoms with Crippen LogP contribution in [0.25, 0.3) is 0 Å². The SMILES string of the molecule is CCCCNC(=NCC(=O)N(C)C)NCC1(CC)CCCC1. The first-order valence-corrected chi connectivity index (χ1v) is 8.75. The molecule has 1 fully saturated rings. The molecule has 2 N–H and O–H groups in total. The molecular weight excluding hydrogens is 276 g/mol. The molecule has 0 heterocycles. The highest BCUT2D eigenvalue weighted by molar-refractivity contribution is 5.84. The van der Waals surface area contributed by atoms with Gasteiger partial charge in [-0.3, -0.25) is 4.79 Å². The summed E-state index contributed by atoms with van der Waals surface area (Å²) >= 11 is 0. The van der Waals surface area contributed by atoms with Gasteiger partial charge in [-0.15, -0.1) is 0 Å². The summed E-state index contributed by atoms with van der Waals surface area (Å²) < 4.78 is 0. The van der Waals surface area contributed by atoms with Gasteiger partial charge < -0.3 is 15.5 Å². The molecule has 0 atom stereocenters. The molecule has 0 unspecified atom stereocenters. The Morgan fingerprint density at radius 2 is 1.86 bits per heavy atom. The van der Waals surface area contributed by atoms with E-state index in [1.807, 2.05) is 0 Å². The molecule has 0 aromatic heterocycles. The molecule has 0 bridgehead atoms. The molecule has 1 aliphatic rings. The first kappa shape index (κ1) is 18.8. The number of nitrogens with one attached hydrogen (secondary N) is 2. The molecule has 5 heteroatoms. The molecule has 0 aliphatic heterocycles. The number of hydrogen-bond donors (Lipinski definition) is 2. The maximum Gasteiger partial charge on any atom is 0.243 e. The fourth-order valence-electron chi connectivity index (χ4n) is 2.90. The minimum atomic E-state index is 0.0302. The zero-order chi connectivity index (χ0) is 16.4. The third-order valence-electron chi connectivity index (χ3n) is 4.74. The largest absolute Gasteiger partial charge is 0.356 e. The summed E-state index contributed by atoms with van der Waals surface area (Å²) in [5.74, 6) is 0.811. The number of guanidine groups is 1. The lowest BCUT2D eigenvalue weighted by Gasteiger charge is -2.28. The molecule has 0 saturated heterocycles. The van der Waals surface area contributed by atoms with Crippen molar-refractivity contribution in [2.45, 2.75) is 58.8 Å². The number of carbonyl (C=O) groups is 1. The number of amides is 1. The van der Waals surface area contributed by atoms with Crippen molar-refractivity contribution >= 4 is 11.9 Å². The van der Waals surface area contributed by atoms with Crippen LogP contribution in [0.1, 0.15) is 58.8 Å². The van der Waals surface area contributed by atoms with Gasteiger partial charge in [0.1, 0.15) is 6.54 Å². The van der Waals surface area contributed by atoms with Crippen LogP contribution in [0.2, 0.25) is 0 Å². The van der Waals surface area contributed by atoms with Crippen LogP contribution < -0.4 is 10.6 Å². The quantitative estimate of drug-likeness (QED) is 0.411. The highest BCUT2D eigenvalue weighted by atomic mass is 16.2. The molecule has 0 radical (unpaired) electrons. The van der Waals surface area contributed by atoms with E-state index in [9.17, 15) is 4.79 Å². The number of hydrogen-bond acceptors (Lipinski definition) is 2. The second kappa shape index (κ2) is 9.70. The molecule has 1 aliphatic carbocycles. The van der Waals surface area contributed by atoms with Crippen molar-refractivity contribution < 1.29 is 4.79 Å². The molecule has 128 valence electrons. The summed E-state index contributed by atoms with van der Waals surface area (Å²) in [6, 6.07) is 0. The molecule has 0 aromatic rings. The van der Waals surface area contributed by atoms with Crippen LogP contribution in [0, 0.1) is 5.41 Å². The highest BCUT2D eigenvalue weighted by Gasteiger charge is 2.31. The molecule has 0 spiro atoms. The number of carbonyl (C=O) groups excluding carboxylic acids is 1. The molecule has 1 rings (SSSR count). The van der Waals surface area contributed by atoms with Gasteiger partial charge in [0, 0.05) is 27.2 Å². The smallest absolute Gasteiger partial charge is 0.243 e. The van der Waals surface area contributed by atoms with Gasteiger partial charge in [-0.25, -0.2) is 4.99 Å². The van der Waals surface area contributed by atoms with Crippen LogP contribution in [0.15, 0.2) is 4.99 Å². The Bertz CT molecular complexity index is 360. The Balaban J connectivity index is 2.56. The second-order valence-electron chi connectivity index (χ2n) is 6.65. The van der Waals surface area contributed by atoms with Crippen LogP contribution in [0.5, 0.6) is 0 Å². The summed E-state index contributed by atoms with van der Waals surface area (Å²) in [6.07, 6.45) is 8.75. The van der Waals surface area contributed by atoms with Crippen molar-refractivity contribution in [3.8, 4) is 0 Å². The van der Waals surface area contributed by atoms with Crippen molar-refractivity contribution in [3.63, 3.8) is 0 Å². The van der Waals surface area contributed by atoms with Crippen molar-refractivity contribution in [1.29, 1.82) is 0 Å². The Hall–Kier alpha value is -1.26. The van der Waals surface area contributed by atoms with Gasteiger partial charge in [0.2, 0.25) is 5.91 Å². The number of aliphatic imine (C=N–C) groups is 1. The zero-order valence-electron chi connectivity index (χ0n) is 14.9. The molecular formula is C17H34N4O. The maximum atomic E-state index is 11.7. The minimum Gasteiger partial charge on any atom is -0.356 e. The van der Waals surface area contributed by atoms with Crippen molar-refractivity contribution in [2.24, 2.45) is 10.4 Å². The topological polar surface area (TPSA) is 56.7 Å². The summed E-state index contributed by atoms with van der Waals surface area (Å²) in [6.45, 7) is 6.51. The van der Waals surface area contributed by atoms with Crippen LogP contribution in [0.3, 0.4) is 0 Å². The second-order valence-corrected chi connectivity index (χ2v) is 6.65. The van der Waals surface area contributed by atoms with Gasteiger partial charge in [0.25, 0.3) is 0 Å². The molecule has 5 nitrogen and oxygen atoms in total. The van der Waals surface area contributed by atoms with Crippen LogP contribution in [-0.2, 0) is 4.79 Å². The summed E-state index contributed by atoms with van der Waals surface area (Å²) in [4.78, 5) is 17.7. The normalized spacial score (nSPS) is 17.4. The average molecular weight is 310 g/mol. The molecule has 22 heavy (non-hydrogen) atoms. The minimum absolute atomic E-state index is 0.0302. The number of nitrogens with zero attached hydrogens (tertiary/aromatic N) is 2. The number of unbranched alkanes of at least 4 members (excludes halogenated alkanes) is 1. The third-order valence-corrected chi connectivity index (χ3v) is 4.74. The summed E-state index contributed by atoms with van der Waals surface area (Å²) in [5.41, 5.74) is 0.415. The lowest BCUT2D eigenvalue weighted by atomic mass is 9.83. The molecule has 0 aromatic carbocycles. The van der Waals surface area contributed by atoms with Gasteiger partial charge in [-0.1, -0.05) is 33.1 Å².